The molecule has 1 aromatic carbocycles. The first kappa shape index (κ1) is 10.7. The van der Waals surface area contributed by atoms with Gasteiger partial charge in [0.25, 0.3) is 0 Å². The predicted molar refractivity (Wildman–Crippen MR) is 64.4 cm³/mol. The molecular formula is C13H16N2O. The molecular weight excluding hydrogens is 200 g/mol. The zero-order valence-corrected chi connectivity index (χ0v) is 9.60. The van der Waals surface area contributed by atoms with Crippen molar-refractivity contribution in [3.8, 4) is 0 Å². The van der Waals surface area contributed by atoms with Crippen LogP contribution in [0.4, 0.5) is 5.69 Å². The van der Waals surface area contributed by atoms with E-state index in [1.165, 1.54) is 12.0 Å². The molecule has 3 heteroatoms. The van der Waals surface area contributed by atoms with Crippen LogP contribution in [0.2, 0.25) is 0 Å². The molecule has 0 aliphatic rings. The summed E-state index contributed by atoms with van der Waals surface area (Å²) in [7, 11) is 0. The summed E-state index contributed by atoms with van der Waals surface area (Å²) < 4.78 is 5.18. The molecule has 0 radical (unpaired) electrons. The monoisotopic (exact) mass is 216 g/mol. The first-order valence-corrected chi connectivity index (χ1v) is 5.47. The number of hydrogen-bond donors (Lipinski definition) is 1. The minimum atomic E-state index is 0.512. The van der Waals surface area contributed by atoms with Crippen molar-refractivity contribution in [2.45, 2.75) is 26.3 Å². The maximum absolute atomic E-state index is 5.18. The summed E-state index contributed by atoms with van der Waals surface area (Å²) in [5.41, 5.74) is 2.48. The largest absolute Gasteiger partial charge is 0.447 e. The second kappa shape index (κ2) is 4.84. The molecule has 0 bridgehead atoms. The Bertz CT molecular complexity index is 435. The van der Waals surface area contributed by atoms with Gasteiger partial charge in [0.15, 0.2) is 6.39 Å². The summed E-state index contributed by atoms with van der Waals surface area (Å²) in [6.45, 7) is 5.05. The van der Waals surface area contributed by atoms with Gasteiger partial charge in [0.05, 0.1) is 12.7 Å². The summed E-state index contributed by atoms with van der Waals surface area (Å²) in [6, 6.07) is 8.34. The Labute approximate surface area is 95.5 Å². The Morgan fingerprint density at radius 2 is 2.12 bits per heavy atom. The van der Waals surface area contributed by atoms with Crippen molar-refractivity contribution >= 4 is 5.69 Å². The molecule has 2 aromatic rings. The van der Waals surface area contributed by atoms with E-state index in [0.717, 1.165) is 11.4 Å². The Morgan fingerprint density at radius 3 is 2.81 bits per heavy atom. The number of rotatable bonds is 4. The Balaban J connectivity index is 2.09. The molecule has 0 spiro atoms. The van der Waals surface area contributed by atoms with Crippen LogP contribution in [0.1, 0.15) is 31.1 Å². The van der Waals surface area contributed by atoms with Crippen LogP contribution < -0.4 is 5.32 Å². The van der Waals surface area contributed by atoms with Gasteiger partial charge >= 0.3 is 0 Å². The highest BCUT2D eigenvalue weighted by molar-refractivity contribution is 5.52. The lowest BCUT2D eigenvalue weighted by molar-refractivity contribution is 0.511. The molecule has 1 aromatic heterocycles. The van der Waals surface area contributed by atoms with Crippen LogP contribution in [0.15, 0.2) is 41.3 Å². The van der Waals surface area contributed by atoms with E-state index in [1.54, 1.807) is 6.20 Å². The second-order valence-electron chi connectivity index (χ2n) is 4.06. The molecule has 0 saturated heterocycles. The van der Waals surface area contributed by atoms with Gasteiger partial charge in [0.2, 0.25) is 0 Å². The molecule has 0 aliphatic heterocycles. The van der Waals surface area contributed by atoms with Crippen LogP contribution in [-0.4, -0.2) is 4.98 Å². The third-order valence-corrected chi connectivity index (χ3v) is 2.52. The van der Waals surface area contributed by atoms with Crippen LogP contribution in [-0.2, 0) is 6.54 Å². The molecule has 1 N–H and O–H groups in total. The molecule has 3 nitrogen and oxygen atoms in total. The highest BCUT2D eigenvalue weighted by atomic mass is 16.3. The molecule has 0 fully saturated rings. The number of oxazole rings is 1. The van der Waals surface area contributed by atoms with Gasteiger partial charge in [-0.05, 0) is 17.5 Å². The number of benzene rings is 1. The first-order valence-electron chi connectivity index (χ1n) is 5.47. The van der Waals surface area contributed by atoms with Crippen molar-refractivity contribution in [1.29, 1.82) is 0 Å². The summed E-state index contributed by atoms with van der Waals surface area (Å²) in [5.74, 6) is 1.36. The van der Waals surface area contributed by atoms with E-state index in [-0.39, 0.29) is 0 Å². The van der Waals surface area contributed by atoms with Crippen LogP contribution in [0.5, 0.6) is 0 Å². The van der Waals surface area contributed by atoms with Gasteiger partial charge in [-0.25, -0.2) is 4.98 Å². The van der Waals surface area contributed by atoms with Crippen molar-refractivity contribution in [3.63, 3.8) is 0 Å². The van der Waals surface area contributed by atoms with Crippen LogP contribution in [0, 0.1) is 0 Å². The molecule has 2 rings (SSSR count). The van der Waals surface area contributed by atoms with E-state index in [4.69, 9.17) is 4.42 Å². The average molecular weight is 216 g/mol. The van der Waals surface area contributed by atoms with Gasteiger partial charge in [-0.1, -0.05) is 32.0 Å². The van der Waals surface area contributed by atoms with Gasteiger partial charge in [-0.15, -0.1) is 0 Å². The quantitative estimate of drug-likeness (QED) is 0.851. The minimum absolute atomic E-state index is 0.512. The van der Waals surface area contributed by atoms with Gasteiger partial charge < -0.3 is 9.73 Å². The first-order chi connectivity index (χ1) is 7.77. The lowest BCUT2D eigenvalue weighted by Crippen LogP contribution is -2.02. The maximum Gasteiger partial charge on any atom is 0.180 e. The van der Waals surface area contributed by atoms with Gasteiger partial charge in [-0.3, -0.25) is 0 Å². The molecule has 0 saturated carbocycles. The lowest BCUT2D eigenvalue weighted by Gasteiger charge is -2.13. The van der Waals surface area contributed by atoms with E-state index in [2.05, 4.69) is 42.3 Å². The van der Waals surface area contributed by atoms with Crippen molar-refractivity contribution in [1.82, 2.24) is 4.98 Å². The number of nitrogens with one attached hydrogen (secondary N) is 1. The fourth-order valence-corrected chi connectivity index (χ4v) is 1.67. The number of nitrogens with zero attached hydrogens (tertiary/aromatic N) is 1. The number of aromatic nitrogens is 1. The topological polar surface area (TPSA) is 38.1 Å². The molecule has 0 unspecified atom stereocenters. The van der Waals surface area contributed by atoms with Crippen LogP contribution >= 0.6 is 0 Å². The van der Waals surface area contributed by atoms with E-state index >= 15 is 0 Å². The van der Waals surface area contributed by atoms with Gasteiger partial charge in [0, 0.05) is 5.69 Å². The van der Waals surface area contributed by atoms with E-state index < -0.39 is 0 Å². The third-order valence-electron chi connectivity index (χ3n) is 2.52. The standard InChI is InChI=1S/C13H16N2O/c1-10(2)12-5-3-4-6-13(12)15-8-11-7-14-9-16-11/h3-7,9-10,15H,8H2,1-2H3. The maximum atomic E-state index is 5.18. The van der Waals surface area contributed by atoms with Crippen molar-refractivity contribution in [2.75, 3.05) is 5.32 Å². The van der Waals surface area contributed by atoms with Crippen molar-refractivity contribution in [3.05, 3.63) is 48.2 Å². The third kappa shape index (κ3) is 2.42. The Morgan fingerprint density at radius 1 is 1.31 bits per heavy atom. The zero-order chi connectivity index (χ0) is 11.4. The van der Waals surface area contributed by atoms with Gasteiger partial charge in [0.1, 0.15) is 5.76 Å². The van der Waals surface area contributed by atoms with Crippen molar-refractivity contribution < 1.29 is 4.42 Å². The average Bonchev–Trinajstić information content (AvgIpc) is 2.79. The molecule has 16 heavy (non-hydrogen) atoms. The van der Waals surface area contributed by atoms with Crippen molar-refractivity contribution in [2.24, 2.45) is 0 Å². The fraction of sp³-hybridized carbons (Fsp3) is 0.308. The highest BCUT2D eigenvalue weighted by Gasteiger charge is 2.05. The second-order valence-corrected chi connectivity index (χ2v) is 4.06. The number of hydrogen-bond acceptors (Lipinski definition) is 3. The molecule has 0 aliphatic carbocycles. The van der Waals surface area contributed by atoms with Crippen LogP contribution in [0.3, 0.4) is 0 Å². The Hall–Kier alpha value is -1.77. The molecule has 84 valence electrons. The van der Waals surface area contributed by atoms with Crippen LogP contribution in [0.25, 0.3) is 0 Å². The molecule has 0 atom stereocenters. The summed E-state index contributed by atoms with van der Waals surface area (Å²) >= 11 is 0. The Kier molecular flexibility index (Phi) is 3.25. The fourth-order valence-electron chi connectivity index (χ4n) is 1.67. The molecule has 0 amide bonds. The smallest absolute Gasteiger partial charge is 0.180 e. The number of para-hydroxylation sites is 1. The summed E-state index contributed by atoms with van der Waals surface area (Å²) in [6.07, 6.45) is 3.18. The van der Waals surface area contributed by atoms with Gasteiger partial charge in [-0.2, -0.15) is 0 Å². The SMILES string of the molecule is CC(C)c1ccccc1NCc1cnco1. The van der Waals surface area contributed by atoms with E-state index in [1.807, 2.05) is 6.07 Å². The van der Waals surface area contributed by atoms with E-state index in [9.17, 15) is 0 Å². The summed E-state index contributed by atoms with van der Waals surface area (Å²) in [4.78, 5) is 3.89. The normalized spacial score (nSPS) is 10.7. The minimum Gasteiger partial charge on any atom is -0.447 e. The van der Waals surface area contributed by atoms with E-state index in [0.29, 0.717) is 12.5 Å². The summed E-state index contributed by atoms with van der Waals surface area (Å²) in [5, 5.41) is 3.36. The molecule has 1 heterocycles. The highest BCUT2D eigenvalue weighted by Crippen LogP contribution is 2.23. The lowest BCUT2D eigenvalue weighted by atomic mass is 10.0. The zero-order valence-electron chi connectivity index (χ0n) is 9.60. The predicted octanol–water partition coefficient (Wildman–Crippen LogP) is 3.41. The number of anilines is 1.